The maximum atomic E-state index is 6.28. The van der Waals surface area contributed by atoms with E-state index in [1.165, 1.54) is 11.4 Å². The van der Waals surface area contributed by atoms with Crippen LogP contribution in [0.2, 0.25) is 0 Å². The quantitative estimate of drug-likeness (QED) is 0.843. The van der Waals surface area contributed by atoms with E-state index in [0.717, 1.165) is 31.7 Å². The zero-order valence-corrected chi connectivity index (χ0v) is 13.8. The molecule has 0 N–H and O–H groups in total. The van der Waals surface area contributed by atoms with Crippen molar-refractivity contribution in [1.82, 2.24) is 14.9 Å². The largest absolute Gasteiger partial charge is 0.489 e. The first kappa shape index (κ1) is 15.1. The number of likely N-dealkylation sites (tertiary alicyclic amines) is 1. The summed E-state index contributed by atoms with van der Waals surface area (Å²) in [6, 6.07) is 4.36. The van der Waals surface area contributed by atoms with Crippen molar-refractivity contribution < 1.29 is 9.47 Å². The third-order valence-corrected chi connectivity index (χ3v) is 5.41. The lowest BCUT2D eigenvalue weighted by Gasteiger charge is -2.35. The molecule has 4 heterocycles. The molecule has 2 aliphatic heterocycles. The predicted molar refractivity (Wildman–Crippen MR) is 88.6 cm³/mol. The molecule has 0 aromatic carbocycles. The van der Waals surface area contributed by atoms with Crippen molar-refractivity contribution in [1.29, 1.82) is 0 Å². The second-order valence-corrected chi connectivity index (χ2v) is 7.11. The Labute approximate surface area is 140 Å². The highest BCUT2D eigenvalue weighted by atomic mass is 32.1. The highest BCUT2D eigenvalue weighted by molar-refractivity contribution is 7.09. The molecule has 122 valence electrons. The summed E-state index contributed by atoms with van der Waals surface area (Å²) in [5.74, 6) is 0.815. The number of fused-ring (bicyclic) bond motifs is 1. The van der Waals surface area contributed by atoms with Crippen molar-refractivity contribution in [3.05, 3.63) is 41.1 Å². The van der Waals surface area contributed by atoms with Gasteiger partial charge in [-0.05, 0) is 31.4 Å². The lowest BCUT2D eigenvalue weighted by atomic mass is 9.99. The van der Waals surface area contributed by atoms with Gasteiger partial charge in [-0.1, -0.05) is 0 Å². The van der Waals surface area contributed by atoms with Crippen LogP contribution in [-0.4, -0.2) is 46.3 Å². The molecular weight excluding hydrogens is 310 g/mol. The number of ether oxygens (including phenoxy) is 2. The van der Waals surface area contributed by atoms with Gasteiger partial charge < -0.3 is 9.47 Å². The molecule has 2 aromatic rings. The van der Waals surface area contributed by atoms with E-state index in [1.54, 1.807) is 23.7 Å². The summed E-state index contributed by atoms with van der Waals surface area (Å²) in [5.41, 5.74) is 0. The Bertz CT molecular complexity index is 608. The van der Waals surface area contributed by atoms with Gasteiger partial charge in [-0.15, -0.1) is 11.3 Å². The van der Waals surface area contributed by atoms with Crippen LogP contribution in [0, 0.1) is 0 Å². The SMILES string of the molecule is c1cncc(OC[C@@H]2CC[C@H]3[C@H](CCN3Cc3nccs3)O2)c1. The molecule has 2 aromatic heterocycles. The molecule has 2 aliphatic rings. The van der Waals surface area contributed by atoms with Crippen molar-refractivity contribution in [3.8, 4) is 5.75 Å². The maximum Gasteiger partial charge on any atom is 0.137 e. The molecule has 0 aliphatic carbocycles. The van der Waals surface area contributed by atoms with E-state index in [0.29, 0.717) is 18.8 Å². The van der Waals surface area contributed by atoms with Crippen LogP contribution in [0.1, 0.15) is 24.3 Å². The van der Waals surface area contributed by atoms with Gasteiger partial charge >= 0.3 is 0 Å². The lowest BCUT2D eigenvalue weighted by molar-refractivity contribution is -0.0841. The molecule has 2 fully saturated rings. The number of pyridine rings is 1. The van der Waals surface area contributed by atoms with E-state index in [1.807, 2.05) is 23.7 Å². The highest BCUT2D eigenvalue weighted by Crippen LogP contribution is 2.32. The topological polar surface area (TPSA) is 47.5 Å². The molecule has 2 saturated heterocycles. The first-order valence-electron chi connectivity index (χ1n) is 8.19. The Morgan fingerprint density at radius 1 is 1.30 bits per heavy atom. The van der Waals surface area contributed by atoms with Crippen LogP contribution in [-0.2, 0) is 11.3 Å². The van der Waals surface area contributed by atoms with E-state index in [2.05, 4.69) is 14.9 Å². The number of hydrogen-bond acceptors (Lipinski definition) is 6. The summed E-state index contributed by atoms with van der Waals surface area (Å²) < 4.78 is 12.1. The van der Waals surface area contributed by atoms with E-state index in [-0.39, 0.29) is 6.10 Å². The van der Waals surface area contributed by atoms with Gasteiger partial charge in [0.15, 0.2) is 0 Å². The van der Waals surface area contributed by atoms with Crippen LogP contribution in [0.15, 0.2) is 36.1 Å². The molecule has 0 radical (unpaired) electrons. The molecule has 0 bridgehead atoms. The van der Waals surface area contributed by atoms with Gasteiger partial charge in [-0.3, -0.25) is 9.88 Å². The molecule has 5 nitrogen and oxygen atoms in total. The van der Waals surface area contributed by atoms with Crippen LogP contribution >= 0.6 is 11.3 Å². The monoisotopic (exact) mass is 331 g/mol. The Hall–Kier alpha value is -1.50. The first-order valence-corrected chi connectivity index (χ1v) is 9.07. The summed E-state index contributed by atoms with van der Waals surface area (Å²) >= 11 is 1.74. The van der Waals surface area contributed by atoms with Crippen molar-refractivity contribution in [2.24, 2.45) is 0 Å². The molecule has 6 heteroatoms. The number of rotatable bonds is 5. The van der Waals surface area contributed by atoms with E-state index in [4.69, 9.17) is 9.47 Å². The zero-order valence-electron chi connectivity index (χ0n) is 13.0. The molecule has 0 amide bonds. The summed E-state index contributed by atoms with van der Waals surface area (Å²) in [6.45, 7) is 2.67. The van der Waals surface area contributed by atoms with Gasteiger partial charge in [0.1, 0.15) is 17.4 Å². The highest BCUT2D eigenvalue weighted by Gasteiger charge is 2.40. The van der Waals surface area contributed by atoms with Crippen LogP contribution in [0.5, 0.6) is 5.75 Å². The second kappa shape index (κ2) is 6.95. The Kier molecular flexibility index (Phi) is 4.55. The second-order valence-electron chi connectivity index (χ2n) is 6.13. The number of hydrogen-bond donors (Lipinski definition) is 0. The van der Waals surface area contributed by atoms with Gasteiger partial charge in [-0.2, -0.15) is 0 Å². The van der Waals surface area contributed by atoms with Crippen molar-refractivity contribution in [2.45, 2.75) is 44.1 Å². The number of nitrogens with zero attached hydrogens (tertiary/aromatic N) is 3. The minimum atomic E-state index is 0.191. The maximum absolute atomic E-state index is 6.28. The average Bonchev–Trinajstić information content (AvgIpc) is 3.24. The third-order valence-electron chi connectivity index (χ3n) is 4.64. The Balaban J connectivity index is 1.29. The molecule has 0 spiro atoms. The number of thiazole rings is 1. The number of aromatic nitrogens is 2. The van der Waals surface area contributed by atoms with Gasteiger partial charge in [0.05, 0.1) is 24.9 Å². The Morgan fingerprint density at radius 3 is 3.13 bits per heavy atom. The predicted octanol–water partition coefficient (Wildman–Crippen LogP) is 2.74. The van der Waals surface area contributed by atoms with Crippen LogP contribution in [0.25, 0.3) is 0 Å². The summed E-state index contributed by atoms with van der Waals surface area (Å²) in [7, 11) is 0. The Morgan fingerprint density at radius 2 is 2.30 bits per heavy atom. The molecule has 0 unspecified atom stereocenters. The minimum Gasteiger partial charge on any atom is -0.489 e. The van der Waals surface area contributed by atoms with E-state index >= 15 is 0 Å². The summed E-state index contributed by atoms with van der Waals surface area (Å²) in [4.78, 5) is 11.0. The van der Waals surface area contributed by atoms with Gasteiger partial charge in [-0.25, -0.2) is 4.98 Å². The van der Waals surface area contributed by atoms with Crippen molar-refractivity contribution in [3.63, 3.8) is 0 Å². The fraction of sp³-hybridized carbons (Fsp3) is 0.529. The van der Waals surface area contributed by atoms with E-state index < -0.39 is 0 Å². The van der Waals surface area contributed by atoms with Crippen LogP contribution < -0.4 is 4.74 Å². The lowest BCUT2D eigenvalue weighted by Crippen LogP contribution is -2.43. The molecule has 0 saturated carbocycles. The van der Waals surface area contributed by atoms with Crippen molar-refractivity contribution in [2.75, 3.05) is 13.2 Å². The summed E-state index contributed by atoms with van der Waals surface area (Å²) in [5, 5.41) is 3.25. The molecule has 23 heavy (non-hydrogen) atoms. The van der Waals surface area contributed by atoms with Crippen molar-refractivity contribution >= 4 is 11.3 Å². The average molecular weight is 331 g/mol. The van der Waals surface area contributed by atoms with Gasteiger partial charge in [0.25, 0.3) is 0 Å². The van der Waals surface area contributed by atoms with Gasteiger partial charge in [0.2, 0.25) is 0 Å². The minimum absolute atomic E-state index is 0.191. The molecule has 4 rings (SSSR count). The zero-order chi connectivity index (χ0) is 15.5. The fourth-order valence-corrected chi connectivity index (χ4v) is 4.17. The smallest absolute Gasteiger partial charge is 0.137 e. The van der Waals surface area contributed by atoms with Gasteiger partial charge in [0, 0.05) is 30.4 Å². The van der Waals surface area contributed by atoms with Crippen LogP contribution in [0.4, 0.5) is 0 Å². The molecular formula is C17H21N3O2S. The summed E-state index contributed by atoms with van der Waals surface area (Å²) in [6.07, 6.45) is 9.26. The molecule has 3 atom stereocenters. The third kappa shape index (κ3) is 3.54. The first-order chi connectivity index (χ1) is 11.4. The standard InChI is InChI=1S/C17H21N3O2S/c1-2-13(10-18-6-1)21-12-14-3-4-15-16(22-14)5-8-20(15)11-17-19-7-9-23-17/h1-2,6-7,9-10,14-16H,3-5,8,11-12H2/t14-,15-,16-/m0/s1. The normalized spacial score (nSPS) is 27.7. The fourth-order valence-electron chi connectivity index (χ4n) is 3.53. The van der Waals surface area contributed by atoms with Crippen LogP contribution in [0.3, 0.4) is 0 Å². The van der Waals surface area contributed by atoms with E-state index in [9.17, 15) is 0 Å².